The van der Waals surface area contributed by atoms with Crippen molar-refractivity contribution in [3.63, 3.8) is 0 Å². The zero-order valence-electron chi connectivity index (χ0n) is 20.0. The van der Waals surface area contributed by atoms with Crippen molar-refractivity contribution in [3.8, 4) is 5.75 Å². The van der Waals surface area contributed by atoms with Crippen molar-refractivity contribution in [1.82, 2.24) is 10.2 Å². The molecule has 0 spiro atoms. The number of nitrogens with one attached hydrogen (secondary N) is 1. The van der Waals surface area contributed by atoms with Gasteiger partial charge in [-0.1, -0.05) is 23.7 Å². The molecule has 1 unspecified atom stereocenters. The van der Waals surface area contributed by atoms with E-state index in [0.717, 1.165) is 11.8 Å². The van der Waals surface area contributed by atoms with E-state index in [9.17, 15) is 18.0 Å². The predicted octanol–water partition coefficient (Wildman–Crippen LogP) is 3.45. The van der Waals surface area contributed by atoms with Gasteiger partial charge in [0.15, 0.2) is 0 Å². The SMILES string of the molecule is CCOc1ccc(N(CCCC(=O)N(Cc2ccc(Cl)cc2)C(C)C(=O)NC)S(C)(=O)=O)cc1. The van der Waals surface area contributed by atoms with E-state index in [1.165, 1.54) is 16.3 Å². The number of nitrogens with zero attached hydrogens (tertiary/aromatic N) is 2. The summed E-state index contributed by atoms with van der Waals surface area (Å²) in [5.41, 5.74) is 1.33. The van der Waals surface area contributed by atoms with E-state index in [-0.39, 0.29) is 37.7 Å². The molecule has 8 nitrogen and oxygen atoms in total. The molecule has 0 aromatic heterocycles. The van der Waals surface area contributed by atoms with E-state index in [1.54, 1.807) is 55.5 Å². The average molecular weight is 510 g/mol. The number of halogens is 1. The predicted molar refractivity (Wildman–Crippen MR) is 135 cm³/mol. The number of sulfonamides is 1. The molecular formula is C24H32ClN3O5S. The van der Waals surface area contributed by atoms with Crippen molar-refractivity contribution >= 4 is 39.1 Å². The fourth-order valence-corrected chi connectivity index (χ4v) is 4.55. The van der Waals surface area contributed by atoms with Crippen LogP contribution in [0.1, 0.15) is 32.3 Å². The number of amides is 2. The molecule has 10 heteroatoms. The van der Waals surface area contributed by atoms with Crippen LogP contribution in [0.2, 0.25) is 5.02 Å². The number of benzene rings is 2. The Hall–Kier alpha value is -2.78. The highest BCUT2D eigenvalue weighted by molar-refractivity contribution is 7.92. The number of carbonyl (C=O) groups excluding carboxylic acids is 2. The standard InChI is InChI=1S/C24H32ClN3O5S/c1-5-33-22-14-12-21(13-15-22)28(34(4,31)32)16-6-7-23(29)27(18(2)24(30)26-3)17-19-8-10-20(25)11-9-19/h8-15,18H,5-7,16-17H2,1-4H3,(H,26,30). The normalized spacial score (nSPS) is 12.0. The van der Waals surface area contributed by atoms with Crippen LogP contribution >= 0.6 is 11.6 Å². The van der Waals surface area contributed by atoms with Gasteiger partial charge in [0, 0.05) is 31.6 Å². The van der Waals surface area contributed by atoms with E-state index in [0.29, 0.717) is 23.1 Å². The molecule has 0 heterocycles. The molecule has 2 aromatic rings. The molecule has 1 atom stereocenters. The van der Waals surface area contributed by atoms with Gasteiger partial charge in [-0.15, -0.1) is 0 Å². The Labute approximate surface area is 206 Å². The first-order valence-electron chi connectivity index (χ1n) is 11.0. The van der Waals surface area contributed by atoms with Crippen molar-refractivity contribution in [1.29, 1.82) is 0 Å². The molecule has 2 aromatic carbocycles. The Morgan fingerprint density at radius 2 is 1.71 bits per heavy atom. The highest BCUT2D eigenvalue weighted by atomic mass is 35.5. The van der Waals surface area contributed by atoms with Crippen LogP contribution in [0.25, 0.3) is 0 Å². The summed E-state index contributed by atoms with van der Waals surface area (Å²) in [4.78, 5) is 26.8. The van der Waals surface area contributed by atoms with Gasteiger partial charge in [0.25, 0.3) is 0 Å². The lowest BCUT2D eigenvalue weighted by Crippen LogP contribution is -2.46. The summed E-state index contributed by atoms with van der Waals surface area (Å²) in [6.07, 6.45) is 1.50. The lowest BCUT2D eigenvalue weighted by Gasteiger charge is -2.29. The van der Waals surface area contributed by atoms with Crippen molar-refractivity contribution in [2.24, 2.45) is 0 Å². The Morgan fingerprint density at radius 3 is 2.24 bits per heavy atom. The first-order chi connectivity index (χ1) is 16.1. The van der Waals surface area contributed by atoms with Gasteiger partial charge in [-0.25, -0.2) is 8.42 Å². The summed E-state index contributed by atoms with van der Waals surface area (Å²) in [5, 5.41) is 3.15. The van der Waals surface area contributed by atoms with Crippen LogP contribution < -0.4 is 14.4 Å². The summed E-state index contributed by atoms with van der Waals surface area (Å²) in [5.74, 6) is 0.122. The third-order valence-corrected chi connectivity index (χ3v) is 6.71. The molecule has 2 amide bonds. The maximum Gasteiger partial charge on any atom is 0.242 e. The fourth-order valence-electron chi connectivity index (χ4n) is 3.46. The summed E-state index contributed by atoms with van der Waals surface area (Å²) in [6, 6.07) is 13.1. The molecule has 0 aliphatic carbocycles. The smallest absolute Gasteiger partial charge is 0.242 e. The minimum atomic E-state index is -3.56. The number of carbonyl (C=O) groups is 2. The quantitative estimate of drug-likeness (QED) is 0.472. The third kappa shape index (κ3) is 7.92. The van der Waals surface area contributed by atoms with Crippen molar-refractivity contribution in [3.05, 3.63) is 59.1 Å². The molecule has 1 N–H and O–H groups in total. The van der Waals surface area contributed by atoms with Crippen molar-refractivity contribution in [2.75, 3.05) is 30.8 Å². The average Bonchev–Trinajstić information content (AvgIpc) is 2.80. The highest BCUT2D eigenvalue weighted by Crippen LogP contribution is 2.23. The number of anilines is 1. The first kappa shape index (κ1) is 27.5. The zero-order valence-corrected chi connectivity index (χ0v) is 21.5. The molecular weight excluding hydrogens is 478 g/mol. The van der Waals surface area contributed by atoms with Gasteiger partial charge in [0.1, 0.15) is 11.8 Å². The summed E-state index contributed by atoms with van der Waals surface area (Å²) in [7, 11) is -2.04. The second kappa shape index (κ2) is 12.6. The Bertz CT molecular complexity index is 1060. The molecule has 2 rings (SSSR count). The zero-order chi connectivity index (χ0) is 25.3. The molecule has 0 saturated heterocycles. The summed E-state index contributed by atoms with van der Waals surface area (Å²) >= 11 is 5.95. The van der Waals surface area contributed by atoms with Crippen LogP contribution in [0, 0.1) is 0 Å². The molecule has 0 saturated carbocycles. The molecule has 0 bridgehead atoms. The van der Waals surface area contributed by atoms with Crippen LogP contribution in [0.15, 0.2) is 48.5 Å². The number of hydrogen-bond donors (Lipinski definition) is 1. The Balaban J connectivity index is 2.12. The maximum atomic E-state index is 13.1. The summed E-state index contributed by atoms with van der Waals surface area (Å²) in [6.45, 7) is 4.41. The van der Waals surface area contributed by atoms with Gasteiger partial charge in [0.2, 0.25) is 21.8 Å². The largest absolute Gasteiger partial charge is 0.494 e. The highest BCUT2D eigenvalue weighted by Gasteiger charge is 2.26. The van der Waals surface area contributed by atoms with Gasteiger partial charge in [-0.2, -0.15) is 0 Å². The van der Waals surface area contributed by atoms with Crippen LogP contribution in [-0.2, 0) is 26.2 Å². The van der Waals surface area contributed by atoms with Gasteiger partial charge in [-0.05, 0) is 62.2 Å². The van der Waals surface area contributed by atoms with Crippen molar-refractivity contribution < 1.29 is 22.7 Å². The third-order valence-electron chi connectivity index (χ3n) is 5.27. The number of ether oxygens (including phenoxy) is 1. The van der Waals surface area contributed by atoms with Gasteiger partial charge < -0.3 is 15.0 Å². The second-order valence-corrected chi connectivity index (χ2v) is 10.1. The van der Waals surface area contributed by atoms with E-state index < -0.39 is 16.1 Å². The van der Waals surface area contributed by atoms with Crippen LogP contribution in [0.4, 0.5) is 5.69 Å². The maximum absolute atomic E-state index is 13.1. The molecule has 0 fully saturated rings. The molecule has 0 radical (unpaired) electrons. The number of hydrogen-bond acceptors (Lipinski definition) is 5. The second-order valence-electron chi connectivity index (χ2n) is 7.80. The van der Waals surface area contributed by atoms with Gasteiger partial charge in [-0.3, -0.25) is 13.9 Å². The number of rotatable bonds is 12. The Kier molecular flexibility index (Phi) is 10.2. The van der Waals surface area contributed by atoms with Gasteiger partial charge in [0.05, 0.1) is 18.6 Å². The monoisotopic (exact) mass is 509 g/mol. The summed E-state index contributed by atoms with van der Waals surface area (Å²) < 4.78 is 31.5. The lowest BCUT2D eigenvalue weighted by molar-refractivity contribution is -0.140. The minimum absolute atomic E-state index is 0.0813. The Morgan fingerprint density at radius 1 is 1.09 bits per heavy atom. The van der Waals surface area contributed by atoms with E-state index in [1.807, 2.05) is 6.92 Å². The lowest BCUT2D eigenvalue weighted by atomic mass is 10.1. The van der Waals surface area contributed by atoms with Crippen LogP contribution in [0.5, 0.6) is 5.75 Å². The van der Waals surface area contributed by atoms with Crippen LogP contribution in [0.3, 0.4) is 0 Å². The molecule has 0 aliphatic rings. The molecule has 186 valence electrons. The molecule has 34 heavy (non-hydrogen) atoms. The van der Waals surface area contributed by atoms with Crippen molar-refractivity contribution in [2.45, 2.75) is 39.3 Å². The van der Waals surface area contributed by atoms with E-state index >= 15 is 0 Å². The van der Waals surface area contributed by atoms with Crippen LogP contribution in [-0.4, -0.2) is 57.6 Å². The molecule has 0 aliphatic heterocycles. The van der Waals surface area contributed by atoms with E-state index in [4.69, 9.17) is 16.3 Å². The van der Waals surface area contributed by atoms with Gasteiger partial charge >= 0.3 is 0 Å². The number of likely N-dealkylation sites (N-methyl/N-ethyl adjacent to an activating group) is 1. The first-order valence-corrected chi connectivity index (χ1v) is 13.3. The minimum Gasteiger partial charge on any atom is -0.494 e. The topological polar surface area (TPSA) is 96.0 Å². The van der Waals surface area contributed by atoms with E-state index in [2.05, 4.69) is 5.32 Å². The fraction of sp³-hybridized carbons (Fsp3) is 0.417.